The molecular weight excluding hydrogens is 366 g/mol. The lowest BCUT2D eigenvalue weighted by Gasteiger charge is -2.12. The van der Waals surface area contributed by atoms with Crippen LogP contribution < -0.4 is 14.8 Å². The highest BCUT2D eigenvalue weighted by Gasteiger charge is 2.29. The molecule has 1 aliphatic carbocycles. The summed E-state index contributed by atoms with van der Waals surface area (Å²) in [5.74, 6) is 2.79. The number of aromatic nitrogens is 2. The molecule has 0 spiro atoms. The Bertz CT molecular complexity index is 978. The third-order valence-electron chi connectivity index (χ3n) is 5.21. The van der Waals surface area contributed by atoms with Gasteiger partial charge in [-0.25, -0.2) is 4.98 Å². The molecule has 2 aromatic carbocycles. The van der Waals surface area contributed by atoms with E-state index in [1.165, 1.54) is 0 Å². The summed E-state index contributed by atoms with van der Waals surface area (Å²) in [6.45, 7) is 1.94. The zero-order valence-electron chi connectivity index (χ0n) is 16.8. The minimum absolute atomic E-state index is 0.147. The van der Waals surface area contributed by atoms with Crippen LogP contribution in [0.2, 0.25) is 0 Å². The molecule has 0 atom stereocenters. The number of nitrogens with zero attached hydrogens (tertiary/aromatic N) is 2. The van der Waals surface area contributed by atoms with Crippen molar-refractivity contribution in [2.45, 2.75) is 38.8 Å². The third-order valence-corrected chi connectivity index (χ3v) is 5.21. The van der Waals surface area contributed by atoms with Gasteiger partial charge in [0.2, 0.25) is 5.91 Å². The molecule has 0 saturated heterocycles. The zero-order chi connectivity index (χ0) is 20.1. The lowest BCUT2D eigenvalue weighted by atomic mass is 10.3. The number of rotatable bonds is 10. The molecule has 152 valence electrons. The van der Waals surface area contributed by atoms with Crippen molar-refractivity contribution in [1.82, 2.24) is 14.9 Å². The molecule has 3 aromatic rings. The van der Waals surface area contributed by atoms with E-state index in [0.29, 0.717) is 13.2 Å². The molecule has 1 aliphatic rings. The Morgan fingerprint density at radius 2 is 1.86 bits per heavy atom. The fourth-order valence-electron chi connectivity index (χ4n) is 3.46. The normalized spacial score (nSPS) is 13.4. The van der Waals surface area contributed by atoms with Gasteiger partial charge in [0.05, 0.1) is 31.3 Å². The molecule has 0 aliphatic heterocycles. The molecule has 6 heteroatoms. The highest BCUT2D eigenvalue weighted by Crippen LogP contribution is 2.29. The van der Waals surface area contributed by atoms with Crippen LogP contribution in [0.25, 0.3) is 11.0 Å². The third kappa shape index (κ3) is 4.70. The first-order chi connectivity index (χ1) is 14.3. The Labute approximate surface area is 170 Å². The van der Waals surface area contributed by atoms with Gasteiger partial charge in [-0.15, -0.1) is 0 Å². The molecule has 1 N–H and O–H groups in total. The van der Waals surface area contributed by atoms with Crippen LogP contribution in [0.3, 0.4) is 0 Å². The van der Waals surface area contributed by atoms with E-state index < -0.39 is 0 Å². The number of imidazole rings is 1. The fraction of sp³-hybridized carbons (Fsp3) is 0.391. The number of hydrogen-bond acceptors (Lipinski definition) is 4. The number of amides is 1. The van der Waals surface area contributed by atoms with Gasteiger partial charge in [-0.2, -0.15) is 0 Å². The summed E-state index contributed by atoms with van der Waals surface area (Å²) in [7, 11) is 1.65. The van der Waals surface area contributed by atoms with Crippen LogP contribution in [0.4, 0.5) is 0 Å². The van der Waals surface area contributed by atoms with Crippen LogP contribution in [0.5, 0.6) is 11.5 Å². The summed E-state index contributed by atoms with van der Waals surface area (Å²) in [5, 5.41) is 3.04. The van der Waals surface area contributed by atoms with Gasteiger partial charge < -0.3 is 19.4 Å². The van der Waals surface area contributed by atoms with Crippen LogP contribution in [-0.4, -0.2) is 29.2 Å². The van der Waals surface area contributed by atoms with E-state index >= 15 is 0 Å². The number of carbonyl (C=O) groups is 1. The van der Waals surface area contributed by atoms with Crippen LogP contribution in [0.1, 0.15) is 31.5 Å². The molecular formula is C23H27N3O3. The van der Waals surface area contributed by atoms with Gasteiger partial charge in [0, 0.05) is 12.5 Å². The summed E-state index contributed by atoms with van der Waals surface area (Å²) >= 11 is 0. The Morgan fingerprint density at radius 3 is 2.66 bits per heavy atom. The predicted molar refractivity (Wildman–Crippen MR) is 112 cm³/mol. The Hall–Kier alpha value is -3.02. The number of fused-ring (bicyclic) bond motifs is 1. The SMILES string of the molecule is COc1ccccc1OCCCCn1c(CNC(=O)C2CC2)nc2ccccc21. The van der Waals surface area contributed by atoms with Gasteiger partial charge in [-0.05, 0) is 49.9 Å². The Kier molecular flexibility index (Phi) is 5.98. The quantitative estimate of drug-likeness (QED) is 0.530. The van der Waals surface area contributed by atoms with Gasteiger partial charge in [0.1, 0.15) is 5.82 Å². The molecule has 1 fully saturated rings. The lowest BCUT2D eigenvalue weighted by molar-refractivity contribution is -0.122. The maximum atomic E-state index is 12.0. The molecule has 1 saturated carbocycles. The van der Waals surface area contributed by atoms with E-state index in [1.54, 1.807) is 7.11 Å². The second kappa shape index (κ2) is 8.99. The van der Waals surface area contributed by atoms with E-state index in [2.05, 4.69) is 16.0 Å². The van der Waals surface area contributed by atoms with Gasteiger partial charge >= 0.3 is 0 Å². The summed E-state index contributed by atoms with van der Waals surface area (Å²) in [5.41, 5.74) is 2.07. The number of ether oxygens (including phenoxy) is 2. The summed E-state index contributed by atoms with van der Waals surface area (Å²) in [6, 6.07) is 15.8. The van der Waals surface area contributed by atoms with E-state index in [9.17, 15) is 4.79 Å². The first-order valence-corrected chi connectivity index (χ1v) is 10.2. The average Bonchev–Trinajstić information content (AvgIpc) is 3.55. The molecule has 6 nitrogen and oxygen atoms in total. The van der Waals surface area contributed by atoms with Crippen molar-refractivity contribution in [1.29, 1.82) is 0 Å². The number of aryl methyl sites for hydroxylation is 1. The van der Waals surface area contributed by atoms with Crippen molar-refractivity contribution in [3.8, 4) is 11.5 Å². The maximum absolute atomic E-state index is 12.0. The summed E-state index contributed by atoms with van der Waals surface area (Å²) in [6.07, 6.45) is 3.89. The first kappa shape index (κ1) is 19.3. The molecule has 1 heterocycles. The summed E-state index contributed by atoms with van der Waals surface area (Å²) in [4.78, 5) is 16.8. The van der Waals surface area contributed by atoms with Crippen LogP contribution in [0.15, 0.2) is 48.5 Å². The van der Waals surface area contributed by atoms with Crippen molar-refractivity contribution in [3.63, 3.8) is 0 Å². The highest BCUT2D eigenvalue weighted by molar-refractivity contribution is 5.81. The number of methoxy groups -OCH3 is 1. The fourth-order valence-corrected chi connectivity index (χ4v) is 3.46. The highest BCUT2D eigenvalue weighted by atomic mass is 16.5. The maximum Gasteiger partial charge on any atom is 0.223 e. The van der Waals surface area contributed by atoms with Gasteiger partial charge in [-0.1, -0.05) is 24.3 Å². The van der Waals surface area contributed by atoms with Crippen molar-refractivity contribution in [2.75, 3.05) is 13.7 Å². The van der Waals surface area contributed by atoms with Crippen molar-refractivity contribution in [3.05, 3.63) is 54.4 Å². The van der Waals surface area contributed by atoms with Crippen LogP contribution in [0, 0.1) is 5.92 Å². The van der Waals surface area contributed by atoms with Crippen molar-refractivity contribution < 1.29 is 14.3 Å². The monoisotopic (exact) mass is 393 g/mol. The number of nitrogens with one attached hydrogen (secondary N) is 1. The predicted octanol–water partition coefficient (Wildman–Crippen LogP) is 3.93. The number of para-hydroxylation sites is 4. The molecule has 1 amide bonds. The van der Waals surface area contributed by atoms with Gasteiger partial charge in [-0.3, -0.25) is 4.79 Å². The topological polar surface area (TPSA) is 65.4 Å². The van der Waals surface area contributed by atoms with Crippen LogP contribution >= 0.6 is 0 Å². The molecule has 0 unspecified atom stereocenters. The van der Waals surface area contributed by atoms with E-state index in [4.69, 9.17) is 14.5 Å². The first-order valence-electron chi connectivity index (χ1n) is 10.2. The number of benzene rings is 2. The Balaban J connectivity index is 1.35. The second-order valence-corrected chi connectivity index (χ2v) is 7.37. The minimum Gasteiger partial charge on any atom is -0.493 e. The molecule has 0 bridgehead atoms. The number of carbonyl (C=O) groups excluding carboxylic acids is 1. The molecule has 1 aromatic heterocycles. The molecule has 29 heavy (non-hydrogen) atoms. The van der Waals surface area contributed by atoms with E-state index in [1.807, 2.05) is 42.5 Å². The average molecular weight is 393 g/mol. The zero-order valence-corrected chi connectivity index (χ0v) is 16.8. The minimum atomic E-state index is 0.147. The standard InChI is InChI=1S/C23H27N3O3/c1-28-20-10-4-5-11-21(20)29-15-7-6-14-26-19-9-3-2-8-18(19)25-22(26)16-24-23(27)17-12-13-17/h2-5,8-11,17H,6-7,12-16H2,1H3,(H,24,27). The smallest absolute Gasteiger partial charge is 0.223 e. The van der Waals surface area contributed by atoms with Crippen LogP contribution in [-0.2, 0) is 17.9 Å². The number of unbranched alkanes of at least 4 members (excludes halogenated alkanes) is 1. The van der Waals surface area contributed by atoms with Gasteiger partial charge in [0.25, 0.3) is 0 Å². The Morgan fingerprint density at radius 1 is 1.10 bits per heavy atom. The lowest BCUT2D eigenvalue weighted by Crippen LogP contribution is -2.26. The molecule has 4 rings (SSSR count). The van der Waals surface area contributed by atoms with E-state index in [-0.39, 0.29) is 11.8 Å². The van der Waals surface area contributed by atoms with E-state index in [0.717, 1.165) is 60.6 Å². The van der Waals surface area contributed by atoms with Crippen molar-refractivity contribution >= 4 is 16.9 Å². The number of hydrogen-bond donors (Lipinski definition) is 1. The van der Waals surface area contributed by atoms with Crippen molar-refractivity contribution in [2.24, 2.45) is 5.92 Å². The second-order valence-electron chi connectivity index (χ2n) is 7.37. The molecule has 0 radical (unpaired) electrons. The largest absolute Gasteiger partial charge is 0.493 e. The summed E-state index contributed by atoms with van der Waals surface area (Å²) < 4.78 is 13.4. The van der Waals surface area contributed by atoms with Gasteiger partial charge in [0.15, 0.2) is 11.5 Å².